The van der Waals surface area contributed by atoms with Gasteiger partial charge in [-0.05, 0) is 48.4 Å². The van der Waals surface area contributed by atoms with Crippen LogP contribution in [0.2, 0.25) is 5.02 Å². The van der Waals surface area contributed by atoms with Gasteiger partial charge in [-0.15, -0.1) is 0 Å². The zero-order valence-electron chi connectivity index (χ0n) is 18.1. The Kier molecular flexibility index (Phi) is 6.50. The minimum atomic E-state index is -0.372. The van der Waals surface area contributed by atoms with Crippen LogP contribution in [0.1, 0.15) is 35.8 Å². The lowest BCUT2D eigenvalue weighted by atomic mass is 10.1. The number of hydrogen-bond donors (Lipinski definition) is 2. The second kappa shape index (κ2) is 9.66. The Hall–Kier alpha value is -3.98. The summed E-state index contributed by atoms with van der Waals surface area (Å²) in [6, 6.07) is 14.4. The number of benzene rings is 2. The smallest absolute Gasteiger partial charge is 0.255 e. The average molecular weight is 464 g/mol. The van der Waals surface area contributed by atoms with Crippen LogP contribution in [-0.4, -0.2) is 42.9 Å². The van der Waals surface area contributed by atoms with E-state index in [0.717, 1.165) is 17.1 Å². The lowest BCUT2D eigenvalue weighted by Gasteiger charge is -2.13. The molecule has 4 rings (SSSR count). The quantitative estimate of drug-likeness (QED) is 0.435. The van der Waals surface area contributed by atoms with Crippen molar-refractivity contribution in [1.82, 2.24) is 29.9 Å². The van der Waals surface area contributed by atoms with E-state index in [4.69, 9.17) is 11.6 Å². The molecule has 0 aliphatic heterocycles. The standard InChI is InChI=1S/C23H22ClN7O2/c1-15(2)22-20(11-27-31(22)19-5-3-4-16(24)10-19)23(33)26-12-21(32)29-17-6-8-18(9-7-17)30-14-25-13-28-30/h3-11,13-15H,12H2,1-2H3,(H,26,33)(H,29,32). The van der Waals surface area contributed by atoms with Gasteiger partial charge in [-0.3, -0.25) is 9.59 Å². The molecule has 0 saturated heterocycles. The van der Waals surface area contributed by atoms with Crippen LogP contribution in [0.25, 0.3) is 11.4 Å². The van der Waals surface area contributed by atoms with Crippen LogP contribution < -0.4 is 10.6 Å². The maximum absolute atomic E-state index is 12.8. The van der Waals surface area contributed by atoms with E-state index in [9.17, 15) is 9.59 Å². The van der Waals surface area contributed by atoms with Crippen molar-refractivity contribution in [2.24, 2.45) is 0 Å². The molecule has 2 amide bonds. The van der Waals surface area contributed by atoms with E-state index in [0.29, 0.717) is 16.3 Å². The molecular formula is C23H22ClN7O2. The van der Waals surface area contributed by atoms with Crippen LogP contribution in [0.15, 0.2) is 67.4 Å². The van der Waals surface area contributed by atoms with Crippen molar-refractivity contribution in [1.29, 1.82) is 0 Å². The Bertz CT molecular complexity index is 1260. The molecule has 0 bridgehead atoms. The van der Waals surface area contributed by atoms with Gasteiger partial charge in [0.15, 0.2) is 0 Å². The lowest BCUT2D eigenvalue weighted by molar-refractivity contribution is -0.115. The van der Waals surface area contributed by atoms with Gasteiger partial charge in [0.25, 0.3) is 5.91 Å². The third-order valence-electron chi connectivity index (χ3n) is 4.89. The largest absolute Gasteiger partial charge is 0.343 e. The van der Waals surface area contributed by atoms with Gasteiger partial charge in [0.05, 0.1) is 35.4 Å². The summed E-state index contributed by atoms with van der Waals surface area (Å²) in [7, 11) is 0. The van der Waals surface area contributed by atoms with E-state index < -0.39 is 0 Å². The molecule has 33 heavy (non-hydrogen) atoms. The zero-order valence-corrected chi connectivity index (χ0v) is 18.8. The van der Waals surface area contributed by atoms with Crippen molar-refractivity contribution >= 4 is 29.1 Å². The first-order chi connectivity index (χ1) is 15.9. The summed E-state index contributed by atoms with van der Waals surface area (Å²) < 4.78 is 3.31. The SMILES string of the molecule is CC(C)c1c(C(=O)NCC(=O)Nc2ccc(-n3cncn3)cc2)cnn1-c1cccc(Cl)c1. The molecule has 2 heterocycles. The third-order valence-corrected chi connectivity index (χ3v) is 5.13. The van der Waals surface area contributed by atoms with Gasteiger partial charge in [-0.2, -0.15) is 10.2 Å². The number of halogens is 1. The number of nitrogens with one attached hydrogen (secondary N) is 2. The summed E-state index contributed by atoms with van der Waals surface area (Å²) >= 11 is 6.11. The second-order valence-electron chi connectivity index (χ2n) is 7.61. The lowest BCUT2D eigenvalue weighted by Crippen LogP contribution is -2.33. The monoisotopic (exact) mass is 463 g/mol. The number of nitrogens with zero attached hydrogens (tertiary/aromatic N) is 5. The number of carbonyl (C=O) groups excluding carboxylic acids is 2. The van der Waals surface area contributed by atoms with Gasteiger partial charge in [-0.1, -0.05) is 31.5 Å². The fraction of sp³-hybridized carbons (Fsp3) is 0.174. The summed E-state index contributed by atoms with van der Waals surface area (Å²) in [6.45, 7) is 3.78. The van der Waals surface area contributed by atoms with Crippen LogP contribution in [0.3, 0.4) is 0 Å². The Labute approximate surface area is 195 Å². The van der Waals surface area contributed by atoms with Gasteiger partial charge >= 0.3 is 0 Å². The molecule has 10 heteroatoms. The minimum Gasteiger partial charge on any atom is -0.343 e. The first-order valence-corrected chi connectivity index (χ1v) is 10.7. The molecule has 2 aromatic heterocycles. The number of aromatic nitrogens is 5. The molecule has 0 unspecified atom stereocenters. The molecule has 0 aliphatic rings. The van der Waals surface area contributed by atoms with Crippen LogP contribution in [0.5, 0.6) is 0 Å². The molecule has 168 valence electrons. The van der Waals surface area contributed by atoms with Crippen LogP contribution >= 0.6 is 11.6 Å². The van der Waals surface area contributed by atoms with Crippen LogP contribution in [0.4, 0.5) is 5.69 Å². The molecule has 2 aromatic carbocycles. The number of carbonyl (C=O) groups is 2. The Balaban J connectivity index is 1.41. The normalized spacial score (nSPS) is 10.9. The molecule has 4 aromatic rings. The maximum atomic E-state index is 12.8. The Morgan fingerprint density at radius 1 is 1.06 bits per heavy atom. The topological polar surface area (TPSA) is 107 Å². The van der Waals surface area contributed by atoms with Gasteiger partial charge in [0.2, 0.25) is 5.91 Å². The predicted octanol–water partition coefficient (Wildman–Crippen LogP) is 3.60. The second-order valence-corrected chi connectivity index (χ2v) is 8.04. The highest BCUT2D eigenvalue weighted by atomic mass is 35.5. The first kappa shape index (κ1) is 22.2. The van der Waals surface area contributed by atoms with Gasteiger partial charge in [0, 0.05) is 10.7 Å². The fourth-order valence-corrected chi connectivity index (χ4v) is 3.59. The first-order valence-electron chi connectivity index (χ1n) is 10.3. The molecule has 0 spiro atoms. The van der Waals surface area contributed by atoms with Crippen molar-refractivity contribution in [2.75, 3.05) is 11.9 Å². The molecular weight excluding hydrogens is 442 g/mol. The van der Waals surface area contributed by atoms with Gasteiger partial charge < -0.3 is 10.6 Å². The van der Waals surface area contributed by atoms with E-state index in [1.807, 2.05) is 38.1 Å². The Morgan fingerprint density at radius 2 is 1.85 bits per heavy atom. The molecule has 0 saturated carbocycles. The van der Waals surface area contributed by atoms with Crippen molar-refractivity contribution in [3.63, 3.8) is 0 Å². The van der Waals surface area contributed by atoms with E-state index in [1.165, 1.54) is 12.5 Å². The summed E-state index contributed by atoms with van der Waals surface area (Å²) in [5.41, 5.74) is 3.33. The minimum absolute atomic E-state index is 0.0181. The molecule has 0 fully saturated rings. The molecule has 2 N–H and O–H groups in total. The highest BCUT2D eigenvalue weighted by Gasteiger charge is 2.21. The summed E-state index contributed by atoms with van der Waals surface area (Å²) in [5, 5.41) is 14.4. The Morgan fingerprint density at radius 3 is 2.52 bits per heavy atom. The highest BCUT2D eigenvalue weighted by Crippen LogP contribution is 2.24. The van der Waals surface area contributed by atoms with Crippen molar-refractivity contribution < 1.29 is 9.59 Å². The van der Waals surface area contributed by atoms with Crippen LogP contribution in [-0.2, 0) is 4.79 Å². The van der Waals surface area contributed by atoms with Crippen LogP contribution in [0, 0.1) is 0 Å². The van der Waals surface area contributed by atoms with Crippen molar-refractivity contribution in [3.05, 3.63) is 83.7 Å². The van der Waals surface area contributed by atoms with Crippen molar-refractivity contribution in [3.8, 4) is 11.4 Å². The fourth-order valence-electron chi connectivity index (χ4n) is 3.40. The highest BCUT2D eigenvalue weighted by molar-refractivity contribution is 6.30. The van der Waals surface area contributed by atoms with Gasteiger partial charge in [0.1, 0.15) is 12.7 Å². The van der Waals surface area contributed by atoms with Gasteiger partial charge in [-0.25, -0.2) is 14.3 Å². The number of hydrogen-bond acceptors (Lipinski definition) is 5. The van der Waals surface area contributed by atoms with E-state index in [2.05, 4.69) is 25.8 Å². The number of amides is 2. The number of rotatable bonds is 7. The summed E-state index contributed by atoms with van der Waals surface area (Å²) in [4.78, 5) is 29.1. The maximum Gasteiger partial charge on any atom is 0.255 e. The number of anilines is 1. The average Bonchev–Trinajstić information content (AvgIpc) is 3.48. The van der Waals surface area contributed by atoms with E-state index >= 15 is 0 Å². The molecule has 0 aliphatic carbocycles. The predicted molar refractivity (Wildman–Crippen MR) is 125 cm³/mol. The molecule has 9 nitrogen and oxygen atoms in total. The van der Waals surface area contributed by atoms with Crippen molar-refractivity contribution in [2.45, 2.75) is 19.8 Å². The zero-order chi connectivity index (χ0) is 23.4. The summed E-state index contributed by atoms with van der Waals surface area (Å²) in [6.07, 6.45) is 4.54. The molecule has 0 atom stereocenters. The molecule has 0 radical (unpaired) electrons. The summed E-state index contributed by atoms with van der Waals surface area (Å²) in [5.74, 6) is -0.696. The van der Waals surface area contributed by atoms with E-state index in [1.54, 1.807) is 40.0 Å². The third kappa shape index (κ3) is 5.09. The van der Waals surface area contributed by atoms with E-state index in [-0.39, 0.29) is 24.3 Å².